The van der Waals surface area contributed by atoms with Crippen molar-refractivity contribution in [3.05, 3.63) is 41.7 Å². The zero-order valence-corrected chi connectivity index (χ0v) is 12.8. The second kappa shape index (κ2) is 7.20. The van der Waals surface area contributed by atoms with Crippen LogP contribution in [0.1, 0.15) is 22.1 Å². The molecule has 0 fully saturated rings. The van der Waals surface area contributed by atoms with E-state index in [1.165, 1.54) is 31.4 Å². The van der Waals surface area contributed by atoms with Crippen LogP contribution in [0.4, 0.5) is 13.2 Å². The minimum absolute atomic E-state index is 0.175. The third-order valence-corrected chi connectivity index (χ3v) is 3.15. The lowest BCUT2D eigenvalue weighted by Gasteiger charge is -2.22. The van der Waals surface area contributed by atoms with Gasteiger partial charge >= 0.3 is 12.1 Å². The van der Waals surface area contributed by atoms with Crippen LogP contribution in [0, 0.1) is 0 Å². The minimum atomic E-state index is -4.72. The van der Waals surface area contributed by atoms with Gasteiger partial charge in [0.05, 0.1) is 13.3 Å². The Bertz CT molecular complexity index is 758. The number of carbonyl (C=O) groups excluding carboxylic acids is 1. The van der Waals surface area contributed by atoms with Gasteiger partial charge in [-0.1, -0.05) is 17.3 Å². The summed E-state index contributed by atoms with van der Waals surface area (Å²) in [4.78, 5) is 22.5. The summed E-state index contributed by atoms with van der Waals surface area (Å²) in [5, 5.41) is 17.2. The van der Waals surface area contributed by atoms with Crippen molar-refractivity contribution < 1.29 is 32.6 Å². The highest BCUT2D eigenvalue weighted by molar-refractivity contribution is 5.84. The van der Waals surface area contributed by atoms with Gasteiger partial charge in [0, 0.05) is 0 Å². The zero-order valence-electron chi connectivity index (χ0n) is 12.8. The molecule has 2 rings (SSSR count). The molecular weight excluding hydrogens is 345 g/mol. The molecule has 0 saturated heterocycles. The molecule has 1 unspecified atom stereocenters. The van der Waals surface area contributed by atoms with Crippen LogP contribution >= 0.6 is 0 Å². The normalized spacial score (nSPS) is 12.5. The van der Waals surface area contributed by atoms with E-state index in [0.29, 0.717) is 5.75 Å². The number of hydrogen-bond donors (Lipinski definition) is 2. The number of carboxylic acid groups (broad SMARTS) is 1. The van der Waals surface area contributed by atoms with Gasteiger partial charge in [-0.2, -0.15) is 13.2 Å². The number of benzene rings is 1. The first kappa shape index (κ1) is 18.2. The summed E-state index contributed by atoms with van der Waals surface area (Å²) in [6.07, 6.45) is -3.78. The highest BCUT2D eigenvalue weighted by atomic mass is 19.4. The predicted octanol–water partition coefficient (Wildman–Crippen LogP) is 1.40. The lowest BCUT2D eigenvalue weighted by Crippen LogP contribution is -2.39. The van der Waals surface area contributed by atoms with Crippen molar-refractivity contribution in [1.29, 1.82) is 0 Å². The number of carboxylic acids is 1. The summed E-state index contributed by atoms with van der Waals surface area (Å²) < 4.78 is 45.4. The van der Waals surface area contributed by atoms with E-state index in [0.717, 1.165) is 10.9 Å². The average Bonchev–Trinajstić information content (AvgIpc) is 3.00. The van der Waals surface area contributed by atoms with E-state index in [1.807, 2.05) is 5.32 Å². The molecule has 0 radical (unpaired) electrons. The Morgan fingerprint density at radius 3 is 2.44 bits per heavy atom. The van der Waals surface area contributed by atoms with E-state index in [9.17, 15) is 22.8 Å². The maximum atomic E-state index is 13.2. The van der Waals surface area contributed by atoms with Crippen LogP contribution < -0.4 is 10.1 Å². The van der Waals surface area contributed by atoms with Crippen molar-refractivity contribution in [2.45, 2.75) is 18.8 Å². The van der Waals surface area contributed by atoms with Gasteiger partial charge in [0.1, 0.15) is 12.3 Å². The molecule has 2 aromatic rings. The molecule has 1 amide bonds. The fourth-order valence-corrected chi connectivity index (χ4v) is 1.98. The third kappa shape index (κ3) is 4.68. The van der Waals surface area contributed by atoms with Crippen molar-refractivity contribution in [3.8, 4) is 5.75 Å². The van der Waals surface area contributed by atoms with E-state index in [-0.39, 0.29) is 5.56 Å². The van der Waals surface area contributed by atoms with Crippen LogP contribution in [-0.2, 0) is 11.3 Å². The molecule has 25 heavy (non-hydrogen) atoms. The van der Waals surface area contributed by atoms with Gasteiger partial charge in [0.25, 0.3) is 0 Å². The summed E-state index contributed by atoms with van der Waals surface area (Å²) in [6, 6.07) is 2.84. The molecule has 0 saturated carbocycles. The number of carbonyl (C=O) groups is 2. The molecule has 0 aliphatic heterocycles. The zero-order chi connectivity index (χ0) is 18.6. The number of rotatable bonds is 6. The summed E-state index contributed by atoms with van der Waals surface area (Å²) in [7, 11) is 1.38. The van der Waals surface area contributed by atoms with Gasteiger partial charge in [-0.15, -0.1) is 5.10 Å². The molecule has 11 heteroatoms. The number of aromatic nitrogens is 3. The fourth-order valence-electron chi connectivity index (χ4n) is 1.98. The smallest absolute Gasteiger partial charge is 0.412 e. The molecule has 1 aromatic heterocycles. The van der Waals surface area contributed by atoms with Crippen LogP contribution in [0.25, 0.3) is 0 Å². The third-order valence-electron chi connectivity index (χ3n) is 3.15. The number of nitrogens with zero attached hydrogens (tertiary/aromatic N) is 3. The van der Waals surface area contributed by atoms with Crippen molar-refractivity contribution in [2.75, 3.05) is 7.11 Å². The number of halogens is 3. The van der Waals surface area contributed by atoms with Gasteiger partial charge in [0.2, 0.25) is 5.91 Å². The number of ether oxygens (including phenoxy) is 1. The predicted molar refractivity (Wildman–Crippen MR) is 76.9 cm³/mol. The van der Waals surface area contributed by atoms with Gasteiger partial charge in [0.15, 0.2) is 11.7 Å². The SMILES string of the molecule is COc1ccc(C(NC(=O)Cn2cc(C(=O)O)nn2)C(F)(F)F)cc1. The van der Waals surface area contributed by atoms with Crippen molar-refractivity contribution in [3.63, 3.8) is 0 Å². The minimum Gasteiger partial charge on any atom is -0.497 e. The Kier molecular flexibility index (Phi) is 5.25. The lowest BCUT2D eigenvalue weighted by atomic mass is 10.1. The summed E-state index contributed by atoms with van der Waals surface area (Å²) in [6.45, 7) is -0.608. The van der Waals surface area contributed by atoms with E-state index in [1.54, 1.807) is 0 Å². The molecule has 0 spiro atoms. The standard InChI is InChI=1S/C14H13F3N4O4/c1-25-9-4-2-8(3-5-9)12(14(15,16)17)18-11(22)7-21-6-10(13(23)24)19-20-21/h2-6,12H,7H2,1H3,(H,18,22)(H,23,24). The van der Waals surface area contributed by atoms with Crippen LogP contribution in [0.2, 0.25) is 0 Å². The van der Waals surface area contributed by atoms with Crippen LogP contribution in [0.15, 0.2) is 30.5 Å². The van der Waals surface area contributed by atoms with Crippen molar-refractivity contribution in [2.24, 2.45) is 0 Å². The molecule has 0 bridgehead atoms. The Hall–Kier alpha value is -3.11. The Morgan fingerprint density at radius 1 is 1.32 bits per heavy atom. The fraction of sp³-hybridized carbons (Fsp3) is 0.286. The van der Waals surface area contributed by atoms with E-state index in [4.69, 9.17) is 9.84 Å². The Labute approximate surface area is 139 Å². The maximum absolute atomic E-state index is 13.2. The van der Waals surface area contributed by atoms with Gasteiger partial charge in [-0.05, 0) is 17.7 Å². The number of alkyl halides is 3. The summed E-state index contributed by atoms with van der Waals surface area (Å²) >= 11 is 0. The number of amides is 1. The van der Waals surface area contributed by atoms with Crippen LogP contribution in [0.3, 0.4) is 0 Å². The van der Waals surface area contributed by atoms with Gasteiger partial charge in [-0.25, -0.2) is 9.48 Å². The molecule has 1 heterocycles. The first-order valence-corrected chi connectivity index (χ1v) is 6.84. The monoisotopic (exact) mass is 358 g/mol. The van der Waals surface area contributed by atoms with Crippen LogP contribution in [-0.4, -0.2) is 45.3 Å². The van der Waals surface area contributed by atoms with E-state index < -0.39 is 36.3 Å². The van der Waals surface area contributed by atoms with Crippen LogP contribution in [0.5, 0.6) is 5.75 Å². The quantitative estimate of drug-likeness (QED) is 0.809. The Morgan fingerprint density at radius 2 is 1.96 bits per heavy atom. The van der Waals surface area contributed by atoms with E-state index in [2.05, 4.69) is 10.3 Å². The summed E-state index contributed by atoms with van der Waals surface area (Å²) in [5.41, 5.74) is -0.596. The van der Waals surface area contributed by atoms with Crippen molar-refractivity contribution in [1.82, 2.24) is 20.3 Å². The molecule has 2 N–H and O–H groups in total. The second-order valence-corrected chi connectivity index (χ2v) is 4.92. The number of hydrogen-bond acceptors (Lipinski definition) is 5. The molecule has 134 valence electrons. The summed E-state index contributed by atoms with van der Waals surface area (Å²) in [5.74, 6) is -1.99. The average molecular weight is 358 g/mol. The maximum Gasteiger partial charge on any atom is 0.412 e. The molecule has 1 aromatic carbocycles. The number of aromatic carboxylic acids is 1. The van der Waals surface area contributed by atoms with E-state index >= 15 is 0 Å². The number of nitrogens with one attached hydrogen (secondary N) is 1. The molecule has 0 aliphatic carbocycles. The topological polar surface area (TPSA) is 106 Å². The van der Waals surface area contributed by atoms with Gasteiger partial charge in [-0.3, -0.25) is 4.79 Å². The van der Waals surface area contributed by atoms with Gasteiger partial charge < -0.3 is 15.2 Å². The largest absolute Gasteiger partial charge is 0.497 e. The highest BCUT2D eigenvalue weighted by Crippen LogP contribution is 2.33. The number of methoxy groups -OCH3 is 1. The molecule has 0 aliphatic rings. The first-order chi connectivity index (χ1) is 11.7. The second-order valence-electron chi connectivity index (χ2n) is 4.92. The molecule has 8 nitrogen and oxygen atoms in total. The highest BCUT2D eigenvalue weighted by Gasteiger charge is 2.41. The first-order valence-electron chi connectivity index (χ1n) is 6.84. The molecular formula is C14H13F3N4O4. The van der Waals surface area contributed by atoms with Crippen molar-refractivity contribution >= 4 is 11.9 Å². The Balaban J connectivity index is 2.12. The molecule has 1 atom stereocenters. The lowest BCUT2D eigenvalue weighted by molar-refractivity contribution is -0.163.